The molecule has 0 unspecified atom stereocenters. The van der Waals surface area contributed by atoms with Crippen LogP contribution in [0.25, 0.3) is 0 Å². The highest BCUT2D eigenvalue weighted by molar-refractivity contribution is 5.91. The van der Waals surface area contributed by atoms with Gasteiger partial charge in [-0.15, -0.1) is 0 Å². The first kappa shape index (κ1) is 15.3. The number of hydrogen-bond donors (Lipinski definition) is 1. The van der Waals surface area contributed by atoms with E-state index in [0.29, 0.717) is 12.5 Å². The van der Waals surface area contributed by atoms with Crippen LogP contribution in [0.5, 0.6) is 0 Å². The lowest BCUT2D eigenvalue weighted by molar-refractivity contribution is -0.115. The molecule has 0 spiro atoms. The second kappa shape index (κ2) is 6.36. The van der Waals surface area contributed by atoms with E-state index in [1.54, 1.807) is 18.5 Å². The molecule has 4 rings (SSSR count). The predicted octanol–water partition coefficient (Wildman–Crippen LogP) is 2.25. The third-order valence-corrected chi connectivity index (χ3v) is 4.88. The van der Waals surface area contributed by atoms with Gasteiger partial charge in [-0.25, -0.2) is 4.98 Å². The summed E-state index contributed by atoms with van der Waals surface area (Å²) >= 11 is 0. The van der Waals surface area contributed by atoms with Gasteiger partial charge >= 0.3 is 0 Å². The number of anilines is 1. The summed E-state index contributed by atoms with van der Waals surface area (Å²) in [5, 5.41) is 2.86. The number of rotatable bonds is 5. The minimum Gasteiger partial charge on any atom is -0.332 e. The van der Waals surface area contributed by atoms with E-state index in [1.165, 1.54) is 19.4 Å². The van der Waals surface area contributed by atoms with E-state index in [0.717, 1.165) is 36.2 Å². The zero-order chi connectivity index (χ0) is 16.5. The number of aromatic nitrogens is 3. The summed E-state index contributed by atoms with van der Waals surface area (Å²) in [4.78, 5) is 23.5. The zero-order valence-corrected chi connectivity index (χ0v) is 14.0. The SMILES string of the molecule is C[C@H]1c2nc(CC(=O)Nc3cccnc3)cn2CCN1CC1CC1. The van der Waals surface area contributed by atoms with Crippen molar-refractivity contribution in [2.24, 2.45) is 5.92 Å². The molecule has 126 valence electrons. The summed E-state index contributed by atoms with van der Waals surface area (Å²) in [6, 6.07) is 3.97. The summed E-state index contributed by atoms with van der Waals surface area (Å²) in [5.41, 5.74) is 1.56. The van der Waals surface area contributed by atoms with E-state index in [2.05, 4.69) is 26.7 Å². The smallest absolute Gasteiger partial charge is 0.230 e. The molecule has 1 atom stereocenters. The monoisotopic (exact) mass is 325 g/mol. The molecule has 1 aliphatic heterocycles. The summed E-state index contributed by atoms with van der Waals surface area (Å²) in [6.07, 6.45) is 8.41. The highest BCUT2D eigenvalue weighted by atomic mass is 16.1. The Balaban J connectivity index is 1.41. The third kappa shape index (κ3) is 3.33. The fraction of sp³-hybridized carbons (Fsp3) is 0.500. The second-order valence-corrected chi connectivity index (χ2v) is 6.86. The number of nitrogens with one attached hydrogen (secondary N) is 1. The first-order chi connectivity index (χ1) is 11.7. The van der Waals surface area contributed by atoms with Crippen molar-refractivity contribution in [3.63, 3.8) is 0 Å². The highest BCUT2D eigenvalue weighted by Crippen LogP contribution is 2.34. The Kier molecular flexibility index (Phi) is 4.06. The average Bonchev–Trinajstić information content (AvgIpc) is 3.29. The van der Waals surface area contributed by atoms with Gasteiger partial charge in [-0.1, -0.05) is 0 Å². The Labute approximate surface area is 141 Å². The molecule has 1 fully saturated rings. The number of pyridine rings is 1. The van der Waals surface area contributed by atoms with Gasteiger partial charge in [0.05, 0.1) is 30.0 Å². The topological polar surface area (TPSA) is 63.1 Å². The first-order valence-electron chi connectivity index (χ1n) is 8.69. The molecule has 1 aliphatic carbocycles. The molecule has 3 heterocycles. The molecule has 0 saturated heterocycles. The number of hydrogen-bond acceptors (Lipinski definition) is 4. The lowest BCUT2D eigenvalue weighted by Crippen LogP contribution is -2.38. The van der Waals surface area contributed by atoms with Gasteiger partial charge in [-0.05, 0) is 37.8 Å². The van der Waals surface area contributed by atoms with Crippen LogP contribution in [0.15, 0.2) is 30.7 Å². The second-order valence-electron chi connectivity index (χ2n) is 6.86. The van der Waals surface area contributed by atoms with Gasteiger partial charge in [-0.2, -0.15) is 0 Å². The summed E-state index contributed by atoms with van der Waals surface area (Å²) in [5.74, 6) is 1.92. The van der Waals surface area contributed by atoms with Crippen LogP contribution in [0.3, 0.4) is 0 Å². The van der Waals surface area contributed by atoms with E-state index >= 15 is 0 Å². The normalized spacial score (nSPS) is 20.6. The van der Waals surface area contributed by atoms with Crippen molar-refractivity contribution < 1.29 is 4.79 Å². The van der Waals surface area contributed by atoms with Crippen LogP contribution in [0.1, 0.15) is 37.3 Å². The van der Waals surface area contributed by atoms with E-state index in [9.17, 15) is 4.79 Å². The van der Waals surface area contributed by atoms with Gasteiger partial charge in [0.15, 0.2) is 0 Å². The van der Waals surface area contributed by atoms with Gasteiger partial charge in [0.1, 0.15) is 5.82 Å². The van der Waals surface area contributed by atoms with Crippen molar-refractivity contribution in [2.75, 3.05) is 18.4 Å². The molecule has 2 aromatic rings. The lowest BCUT2D eigenvalue weighted by atomic mass is 10.2. The van der Waals surface area contributed by atoms with Crippen molar-refractivity contribution in [2.45, 2.75) is 38.8 Å². The number of fused-ring (bicyclic) bond motifs is 1. The molecule has 24 heavy (non-hydrogen) atoms. The number of nitrogens with zero attached hydrogens (tertiary/aromatic N) is 4. The molecule has 1 N–H and O–H groups in total. The Morgan fingerprint density at radius 1 is 1.38 bits per heavy atom. The van der Waals surface area contributed by atoms with Crippen LogP contribution >= 0.6 is 0 Å². The highest BCUT2D eigenvalue weighted by Gasteiger charge is 2.31. The molecule has 2 aromatic heterocycles. The summed E-state index contributed by atoms with van der Waals surface area (Å²) < 4.78 is 2.21. The fourth-order valence-electron chi connectivity index (χ4n) is 3.36. The summed E-state index contributed by atoms with van der Waals surface area (Å²) in [7, 11) is 0. The lowest BCUT2D eigenvalue weighted by Gasteiger charge is -2.33. The van der Waals surface area contributed by atoms with Crippen molar-refractivity contribution in [1.82, 2.24) is 19.4 Å². The Morgan fingerprint density at radius 3 is 3.00 bits per heavy atom. The number of carbonyl (C=O) groups excluding carboxylic acids is 1. The molecule has 0 aromatic carbocycles. The molecule has 2 aliphatic rings. The van der Waals surface area contributed by atoms with Gasteiger partial charge < -0.3 is 9.88 Å². The van der Waals surface area contributed by atoms with Crippen molar-refractivity contribution in [3.8, 4) is 0 Å². The number of amides is 1. The van der Waals surface area contributed by atoms with E-state index in [1.807, 2.05) is 12.3 Å². The number of imidazole rings is 1. The molecule has 1 saturated carbocycles. The zero-order valence-electron chi connectivity index (χ0n) is 14.0. The average molecular weight is 325 g/mol. The molecule has 0 bridgehead atoms. The molecule has 6 heteroatoms. The molecular weight excluding hydrogens is 302 g/mol. The first-order valence-corrected chi connectivity index (χ1v) is 8.69. The maximum absolute atomic E-state index is 12.2. The Hall–Kier alpha value is -2.21. The standard InChI is InChI=1S/C18H23N5O/c1-13-18-21-16(9-17(24)20-15-3-2-6-19-10-15)12-23(18)8-7-22(13)11-14-4-5-14/h2-3,6,10,12-14H,4-5,7-9,11H2,1H3,(H,20,24)/t13-/m0/s1. The van der Waals surface area contributed by atoms with Crippen molar-refractivity contribution in [1.29, 1.82) is 0 Å². The molecule has 0 radical (unpaired) electrons. The van der Waals surface area contributed by atoms with Gasteiger partial charge in [0.2, 0.25) is 5.91 Å². The predicted molar refractivity (Wildman–Crippen MR) is 91.5 cm³/mol. The van der Waals surface area contributed by atoms with Crippen LogP contribution in [0.4, 0.5) is 5.69 Å². The van der Waals surface area contributed by atoms with Crippen molar-refractivity contribution in [3.05, 3.63) is 42.2 Å². The van der Waals surface area contributed by atoms with Gasteiger partial charge in [0, 0.05) is 32.0 Å². The van der Waals surface area contributed by atoms with E-state index in [-0.39, 0.29) is 5.91 Å². The van der Waals surface area contributed by atoms with Crippen LogP contribution in [-0.4, -0.2) is 38.4 Å². The van der Waals surface area contributed by atoms with Gasteiger partial charge in [-0.3, -0.25) is 14.7 Å². The van der Waals surface area contributed by atoms with Crippen LogP contribution in [0.2, 0.25) is 0 Å². The molecule has 6 nitrogen and oxygen atoms in total. The molecule has 1 amide bonds. The van der Waals surface area contributed by atoms with Gasteiger partial charge in [0.25, 0.3) is 0 Å². The van der Waals surface area contributed by atoms with E-state index < -0.39 is 0 Å². The maximum atomic E-state index is 12.2. The molecular formula is C18H23N5O. The van der Waals surface area contributed by atoms with Crippen LogP contribution in [-0.2, 0) is 17.8 Å². The van der Waals surface area contributed by atoms with Crippen LogP contribution in [0, 0.1) is 5.92 Å². The summed E-state index contributed by atoms with van der Waals surface area (Å²) in [6.45, 7) is 5.44. The fourth-order valence-corrected chi connectivity index (χ4v) is 3.36. The van der Waals surface area contributed by atoms with Crippen molar-refractivity contribution >= 4 is 11.6 Å². The quantitative estimate of drug-likeness (QED) is 0.916. The third-order valence-electron chi connectivity index (χ3n) is 4.88. The Bertz CT molecular complexity index is 722. The van der Waals surface area contributed by atoms with E-state index in [4.69, 9.17) is 4.98 Å². The largest absolute Gasteiger partial charge is 0.332 e. The van der Waals surface area contributed by atoms with Crippen LogP contribution < -0.4 is 5.32 Å². The minimum absolute atomic E-state index is 0.0547. The minimum atomic E-state index is -0.0547. The number of carbonyl (C=O) groups is 1. The maximum Gasteiger partial charge on any atom is 0.230 e. The Morgan fingerprint density at radius 2 is 2.25 bits per heavy atom.